The Labute approximate surface area is 120 Å². The molecule has 1 N–H and O–H groups in total. The first-order chi connectivity index (χ1) is 9.49. The lowest BCUT2D eigenvalue weighted by molar-refractivity contribution is -0.151. The molecule has 0 radical (unpaired) electrons. The second-order valence-corrected chi connectivity index (χ2v) is 5.41. The molecule has 0 aromatic heterocycles. The van der Waals surface area contributed by atoms with E-state index in [1.165, 1.54) is 0 Å². The van der Waals surface area contributed by atoms with Gasteiger partial charge in [-0.2, -0.15) is 0 Å². The number of nitrogens with zero attached hydrogens (tertiary/aromatic N) is 1. The molecule has 0 bridgehead atoms. The molecule has 1 aliphatic rings. The van der Waals surface area contributed by atoms with E-state index in [0.717, 1.165) is 6.42 Å². The van der Waals surface area contributed by atoms with Crippen LogP contribution in [0, 0.1) is 5.92 Å². The highest BCUT2D eigenvalue weighted by molar-refractivity contribution is 5.96. The predicted molar refractivity (Wildman–Crippen MR) is 75.3 cm³/mol. The van der Waals surface area contributed by atoms with E-state index in [9.17, 15) is 9.59 Å². The van der Waals surface area contributed by atoms with E-state index in [0.29, 0.717) is 26.4 Å². The SMILES string of the molecule is COCCCOCCN1C(=O)C(C)NC(=O)C1C(C)C. The Kier molecular flexibility index (Phi) is 6.95. The molecule has 6 nitrogen and oxygen atoms in total. The monoisotopic (exact) mass is 286 g/mol. The molecule has 6 heteroatoms. The van der Waals surface area contributed by atoms with Gasteiger partial charge in [-0.3, -0.25) is 9.59 Å². The summed E-state index contributed by atoms with van der Waals surface area (Å²) in [4.78, 5) is 25.8. The van der Waals surface area contributed by atoms with Gasteiger partial charge in [0.2, 0.25) is 11.8 Å². The Bertz CT molecular complexity index is 333. The van der Waals surface area contributed by atoms with Crippen LogP contribution in [0.4, 0.5) is 0 Å². The Hall–Kier alpha value is -1.14. The molecule has 2 unspecified atom stereocenters. The molecule has 0 aromatic carbocycles. The highest BCUT2D eigenvalue weighted by Gasteiger charge is 2.39. The molecule has 1 fully saturated rings. The Morgan fingerprint density at radius 2 is 1.95 bits per heavy atom. The summed E-state index contributed by atoms with van der Waals surface area (Å²) in [5.41, 5.74) is 0. The second kappa shape index (κ2) is 8.21. The number of amides is 2. The van der Waals surface area contributed by atoms with Gasteiger partial charge in [-0.25, -0.2) is 0 Å². The maximum absolute atomic E-state index is 12.2. The van der Waals surface area contributed by atoms with Crippen LogP contribution in [0.5, 0.6) is 0 Å². The highest BCUT2D eigenvalue weighted by Crippen LogP contribution is 2.17. The van der Waals surface area contributed by atoms with E-state index in [4.69, 9.17) is 9.47 Å². The first-order valence-corrected chi connectivity index (χ1v) is 7.16. The standard InChI is InChI=1S/C14H26N2O4/c1-10(2)12-13(17)15-11(3)14(18)16(12)6-9-20-8-5-7-19-4/h10-12H,5-9H2,1-4H3,(H,15,17). The topological polar surface area (TPSA) is 67.9 Å². The third kappa shape index (κ3) is 4.45. The summed E-state index contributed by atoms with van der Waals surface area (Å²) < 4.78 is 10.4. The van der Waals surface area contributed by atoms with Crippen molar-refractivity contribution in [3.05, 3.63) is 0 Å². The highest BCUT2D eigenvalue weighted by atomic mass is 16.5. The lowest BCUT2D eigenvalue weighted by Crippen LogP contribution is -2.64. The number of piperazine rings is 1. The van der Waals surface area contributed by atoms with Crippen molar-refractivity contribution in [2.45, 2.75) is 39.3 Å². The maximum Gasteiger partial charge on any atom is 0.245 e. The van der Waals surface area contributed by atoms with Gasteiger partial charge in [0.1, 0.15) is 12.1 Å². The van der Waals surface area contributed by atoms with Crippen molar-refractivity contribution in [1.29, 1.82) is 0 Å². The Morgan fingerprint density at radius 3 is 2.55 bits per heavy atom. The van der Waals surface area contributed by atoms with Crippen molar-refractivity contribution in [2.24, 2.45) is 5.92 Å². The average Bonchev–Trinajstić information content (AvgIpc) is 2.38. The quantitative estimate of drug-likeness (QED) is 0.656. The maximum atomic E-state index is 12.2. The summed E-state index contributed by atoms with van der Waals surface area (Å²) in [7, 11) is 1.65. The van der Waals surface area contributed by atoms with E-state index in [1.807, 2.05) is 13.8 Å². The van der Waals surface area contributed by atoms with Gasteiger partial charge in [0.05, 0.1) is 6.61 Å². The van der Waals surface area contributed by atoms with Crippen molar-refractivity contribution in [1.82, 2.24) is 10.2 Å². The lowest BCUT2D eigenvalue weighted by Gasteiger charge is -2.39. The average molecular weight is 286 g/mol. The summed E-state index contributed by atoms with van der Waals surface area (Å²) >= 11 is 0. The van der Waals surface area contributed by atoms with E-state index in [2.05, 4.69) is 5.32 Å². The largest absolute Gasteiger partial charge is 0.385 e. The first-order valence-electron chi connectivity index (χ1n) is 7.16. The van der Waals surface area contributed by atoms with Crippen LogP contribution in [0.15, 0.2) is 0 Å². The fraction of sp³-hybridized carbons (Fsp3) is 0.857. The van der Waals surface area contributed by atoms with Crippen molar-refractivity contribution in [2.75, 3.05) is 33.5 Å². The zero-order valence-electron chi connectivity index (χ0n) is 12.8. The van der Waals surface area contributed by atoms with Crippen molar-refractivity contribution in [3.63, 3.8) is 0 Å². The van der Waals surface area contributed by atoms with E-state index < -0.39 is 12.1 Å². The van der Waals surface area contributed by atoms with Crippen LogP contribution in [-0.2, 0) is 19.1 Å². The number of ether oxygens (including phenoxy) is 2. The van der Waals surface area contributed by atoms with Gasteiger partial charge in [-0.1, -0.05) is 13.8 Å². The summed E-state index contributed by atoms with van der Waals surface area (Å²) in [6, 6.07) is -0.854. The second-order valence-electron chi connectivity index (χ2n) is 5.41. The summed E-state index contributed by atoms with van der Waals surface area (Å²) in [6.07, 6.45) is 0.828. The van der Waals surface area contributed by atoms with Gasteiger partial charge in [-0.15, -0.1) is 0 Å². The summed E-state index contributed by atoms with van der Waals surface area (Å²) in [5.74, 6) is -0.0322. The molecule has 2 atom stereocenters. The molecule has 0 aromatic rings. The minimum absolute atomic E-state index is 0.0382. The number of methoxy groups -OCH3 is 1. The Morgan fingerprint density at radius 1 is 1.25 bits per heavy atom. The van der Waals surface area contributed by atoms with Crippen molar-refractivity contribution >= 4 is 11.8 Å². The van der Waals surface area contributed by atoms with Crippen LogP contribution in [0.1, 0.15) is 27.2 Å². The van der Waals surface area contributed by atoms with Gasteiger partial charge < -0.3 is 19.7 Å². The molecule has 2 amide bonds. The zero-order valence-corrected chi connectivity index (χ0v) is 12.8. The minimum atomic E-state index is -0.453. The van der Waals surface area contributed by atoms with Crippen molar-refractivity contribution < 1.29 is 19.1 Å². The number of rotatable bonds is 8. The third-order valence-corrected chi connectivity index (χ3v) is 3.36. The number of carbonyl (C=O) groups excluding carboxylic acids is 2. The van der Waals surface area contributed by atoms with E-state index >= 15 is 0 Å². The van der Waals surface area contributed by atoms with Gasteiger partial charge in [0.25, 0.3) is 0 Å². The molecular formula is C14H26N2O4. The van der Waals surface area contributed by atoms with Gasteiger partial charge >= 0.3 is 0 Å². The predicted octanol–water partition coefficient (Wildman–Crippen LogP) is 0.411. The molecule has 0 saturated carbocycles. The van der Waals surface area contributed by atoms with Crippen LogP contribution in [0.25, 0.3) is 0 Å². The van der Waals surface area contributed by atoms with Crippen LogP contribution < -0.4 is 5.32 Å². The van der Waals surface area contributed by atoms with Gasteiger partial charge in [-0.05, 0) is 19.3 Å². The van der Waals surface area contributed by atoms with Gasteiger partial charge in [0.15, 0.2) is 0 Å². The first kappa shape index (κ1) is 16.9. The Balaban J connectivity index is 2.49. The molecule has 0 aliphatic carbocycles. The molecular weight excluding hydrogens is 260 g/mol. The summed E-state index contributed by atoms with van der Waals surface area (Å²) in [6.45, 7) is 7.76. The fourth-order valence-electron chi connectivity index (χ4n) is 2.37. The van der Waals surface area contributed by atoms with Gasteiger partial charge in [0, 0.05) is 26.9 Å². The normalized spacial score (nSPS) is 23.4. The number of nitrogens with one attached hydrogen (secondary N) is 1. The van der Waals surface area contributed by atoms with E-state index in [1.54, 1.807) is 18.9 Å². The minimum Gasteiger partial charge on any atom is -0.385 e. The molecule has 20 heavy (non-hydrogen) atoms. The summed E-state index contributed by atoms with van der Waals surface area (Å²) in [5, 5.41) is 2.72. The van der Waals surface area contributed by atoms with Crippen LogP contribution in [0.2, 0.25) is 0 Å². The molecule has 1 saturated heterocycles. The van der Waals surface area contributed by atoms with Crippen LogP contribution in [0.3, 0.4) is 0 Å². The third-order valence-electron chi connectivity index (χ3n) is 3.36. The molecule has 1 heterocycles. The molecule has 116 valence electrons. The van der Waals surface area contributed by atoms with Crippen molar-refractivity contribution in [3.8, 4) is 0 Å². The zero-order chi connectivity index (χ0) is 15.1. The van der Waals surface area contributed by atoms with Crippen LogP contribution >= 0.6 is 0 Å². The van der Waals surface area contributed by atoms with E-state index in [-0.39, 0.29) is 17.7 Å². The molecule has 0 spiro atoms. The fourth-order valence-corrected chi connectivity index (χ4v) is 2.37. The smallest absolute Gasteiger partial charge is 0.245 e. The number of hydrogen-bond donors (Lipinski definition) is 1. The number of hydrogen-bond acceptors (Lipinski definition) is 4. The number of carbonyl (C=O) groups is 2. The lowest BCUT2D eigenvalue weighted by atomic mass is 9.97. The molecule has 1 rings (SSSR count). The molecule has 1 aliphatic heterocycles. The van der Waals surface area contributed by atoms with Crippen LogP contribution in [-0.4, -0.2) is 62.3 Å².